The van der Waals surface area contributed by atoms with E-state index in [2.05, 4.69) is 43.3 Å². The average molecular weight is 312 g/mol. The fourth-order valence-corrected chi connectivity index (χ4v) is 2.77. The number of thiazole rings is 1. The van der Waals surface area contributed by atoms with Gasteiger partial charge in [0.05, 0.1) is 0 Å². The molecular formula is C15H28N4OS. The van der Waals surface area contributed by atoms with Crippen molar-refractivity contribution in [1.82, 2.24) is 10.3 Å². The largest absolute Gasteiger partial charge is 0.382 e. The summed E-state index contributed by atoms with van der Waals surface area (Å²) in [7, 11) is 0. The summed E-state index contributed by atoms with van der Waals surface area (Å²) in [5.41, 5.74) is 5.85. The van der Waals surface area contributed by atoms with Crippen LogP contribution in [0.3, 0.4) is 0 Å². The van der Waals surface area contributed by atoms with Gasteiger partial charge in [-0.3, -0.25) is 4.79 Å². The molecule has 0 fully saturated rings. The third kappa shape index (κ3) is 5.91. The van der Waals surface area contributed by atoms with Gasteiger partial charge in [-0.1, -0.05) is 45.5 Å². The molecular weight excluding hydrogens is 284 g/mol. The number of anilines is 2. The van der Waals surface area contributed by atoms with Crippen LogP contribution in [0.15, 0.2) is 0 Å². The van der Waals surface area contributed by atoms with Crippen molar-refractivity contribution in [2.45, 2.75) is 53.5 Å². The van der Waals surface area contributed by atoms with Crippen LogP contribution in [0.5, 0.6) is 0 Å². The van der Waals surface area contributed by atoms with Gasteiger partial charge in [-0.25, -0.2) is 4.98 Å². The average Bonchev–Trinajstić information content (AvgIpc) is 2.77. The molecule has 21 heavy (non-hydrogen) atoms. The Bertz CT molecular complexity index is 459. The van der Waals surface area contributed by atoms with Gasteiger partial charge in [0.1, 0.15) is 10.7 Å². The van der Waals surface area contributed by atoms with E-state index in [-0.39, 0.29) is 11.9 Å². The van der Waals surface area contributed by atoms with Crippen LogP contribution in [-0.2, 0) is 0 Å². The van der Waals surface area contributed by atoms with Crippen molar-refractivity contribution in [1.29, 1.82) is 0 Å². The second-order valence-electron chi connectivity index (χ2n) is 6.13. The van der Waals surface area contributed by atoms with Gasteiger partial charge in [0, 0.05) is 12.6 Å². The van der Waals surface area contributed by atoms with Crippen LogP contribution in [0.2, 0.25) is 0 Å². The molecule has 5 nitrogen and oxygen atoms in total. The quantitative estimate of drug-likeness (QED) is 0.687. The van der Waals surface area contributed by atoms with Crippen molar-refractivity contribution >= 4 is 28.2 Å². The van der Waals surface area contributed by atoms with E-state index >= 15 is 0 Å². The Labute approximate surface area is 131 Å². The Balaban J connectivity index is 2.61. The van der Waals surface area contributed by atoms with Crippen LogP contribution < -0.4 is 16.4 Å². The third-order valence-corrected chi connectivity index (χ3v) is 4.38. The Morgan fingerprint density at radius 3 is 2.57 bits per heavy atom. The SMILES string of the molecule is CCC(C)CC(C)NC(=O)c1sc(NCC(C)C)nc1N. The van der Waals surface area contributed by atoms with Crippen molar-refractivity contribution in [3.05, 3.63) is 4.88 Å². The van der Waals surface area contributed by atoms with Crippen molar-refractivity contribution in [2.24, 2.45) is 11.8 Å². The summed E-state index contributed by atoms with van der Waals surface area (Å²) in [5.74, 6) is 1.29. The maximum Gasteiger partial charge on any atom is 0.265 e. The second-order valence-corrected chi connectivity index (χ2v) is 7.13. The Hall–Kier alpha value is -1.30. The molecule has 0 radical (unpaired) electrons. The molecule has 120 valence electrons. The minimum Gasteiger partial charge on any atom is -0.382 e. The number of carbonyl (C=O) groups is 1. The lowest BCUT2D eigenvalue weighted by Gasteiger charge is -2.17. The van der Waals surface area contributed by atoms with Gasteiger partial charge in [-0.2, -0.15) is 0 Å². The van der Waals surface area contributed by atoms with Gasteiger partial charge in [0.25, 0.3) is 5.91 Å². The standard InChI is InChI=1S/C15H28N4OS/c1-6-10(4)7-11(5)18-14(20)12-13(16)19-15(21-12)17-8-9(2)3/h9-11H,6-8,16H2,1-5H3,(H,17,19)(H,18,20). The number of nitrogens with one attached hydrogen (secondary N) is 2. The summed E-state index contributed by atoms with van der Waals surface area (Å²) >= 11 is 1.32. The smallest absolute Gasteiger partial charge is 0.265 e. The zero-order chi connectivity index (χ0) is 16.0. The van der Waals surface area contributed by atoms with Gasteiger partial charge in [-0.15, -0.1) is 0 Å². The monoisotopic (exact) mass is 312 g/mol. The molecule has 0 bridgehead atoms. The summed E-state index contributed by atoms with van der Waals surface area (Å²) in [5, 5.41) is 6.92. The molecule has 1 heterocycles. The predicted octanol–water partition coefficient (Wildman–Crippen LogP) is 3.35. The van der Waals surface area contributed by atoms with Gasteiger partial charge < -0.3 is 16.4 Å². The summed E-state index contributed by atoms with van der Waals surface area (Å²) in [6.45, 7) is 11.4. The highest BCUT2D eigenvalue weighted by atomic mass is 32.1. The fraction of sp³-hybridized carbons (Fsp3) is 0.733. The van der Waals surface area contributed by atoms with Crippen LogP contribution in [0, 0.1) is 11.8 Å². The van der Waals surface area contributed by atoms with Gasteiger partial charge in [0.15, 0.2) is 5.13 Å². The van der Waals surface area contributed by atoms with E-state index in [9.17, 15) is 4.79 Å². The Kier molecular flexibility index (Phi) is 6.95. The molecule has 1 aromatic heterocycles. The maximum absolute atomic E-state index is 12.2. The molecule has 0 spiro atoms. The first kappa shape index (κ1) is 17.8. The summed E-state index contributed by atoms with van der Waals surface area (Å²) in [4.78, 5) is 17.0. The number of aromatic nitrogens is 1. The topological polar surface area (TPSA) is 80.0 Å². The molecule has 0 aliphatic rings. The first-order chi connectivity index (χ1) is 9.83. The molecule has 0 saturated heterocycles. The highest BCUT2D eigenvalue weighted by molar-refractivity contribution is 7.18. The van der Waals surface area contributed by atoms with Crippen molar-refractivity contribution in [2.75, 3.05) is 17.6 Å². The summed E-state index contributed by atoms with van der Waals surface area (Å²) < 4.78 is 0. The van der Waals surface area contributed by atoms with E-state index in [1.165, 1.54) is 11.3 Å². The number of amides is 1. The first-order valence-electron chi connectivity index (χ1n) is 7.64. The lowest BCUT2D eigenvalue weighted by Crippen LogP contribution is -2.33. The first-order valence-corrected chi connectivity index (χ1v) is 8.46. The molecule has 6 heteroatoms. The minimum absolute atomic E-state index is 0.126. The summed E-state index contributed by atoms with van der Waals surface area (Å²) in [6.07, 6.45) is 2.09. The van der Waals surface area contributed by atoms with Crippen molar-refractivity contribution in [3.8, 4) is 0 Å². The van der Waals surface area contributed by atoms with Crippen LogP contribution >= 0.6 is 11.3 Å². The third-order valence-electron chi connectivity index (χ3n) is 3.35. The van der Waals surface area contributed by atoms with Crippen molar-refractivity contribution < 1.29 is 4.79 Å². The summed E-state index contributed by atoms with van der Waals surface area (Å²) in [6, 6.07) is 0.140. The Morgan fingerprint density at radius 1 is 1.33 bits per heavy atom. The molecule has 0 aromatic carbocycles. The normalized spacial score (nSPS) is 14.0. The van der Waals surface area contributed by atoms with Crippen LogP contribution in [0.4, 0.5) is 10.9 Å². The van der Waals surface area contributed by atoms with Crippen LogP contribution in [0.1, 0.15) is 57.1 Å². The van der Waals surface area contributed by atoms with Crippen molar-refractivity contribution in [3.63, 3.8) is 0 Å². The molecule has 2 unspecified atom stereocenters. The molecule has 1 amide bonds. The molecule has 0 aliphatic heterocycles. The molecule has 0 aliphatic carbocycles. The zero-order valence-electron chi connectivity index (χ0n) is 13.7. The molecule has 2 atom stereocenters. The molecule has 1 rings (SSSR count). The van der Waals surface area contributed by atoms with E-state index in [1.807, 2.05) is 6.92 Å². The van der Waals surface area contributed by atoms with E-state index in [1.54, 1.807) is 0 Å². The van der Waals surface area contributed by atoms with Crippen LogP contribution in [0.25, 0.3) is 0 Å². The number of nitrogens with two attached hydrogens (primary N) is 1. The number of rotatable bonds is 8. The number of carbonyl (C=O) groups excluding carboxylic acids is 1. The van der Waals surface area contributed by atoms with E-state index in [0.717, 1.165) is 19.4 Å². The number of hydrogen-bond donors (Lipinski definition) is 3. The maximum atomic E-state index is 12.2. The van der Waals surface area contributed by atoms with Gasteiger partial charge >= 0.3 is 0 Å². The number of nitrogens with zero attached hydrogens (tertiary/aromatic N) is 1. The van der Waals surface area contributed by atoms with Crippen LogP contribution in [-0.4, -0.2) is 23.5 Å². The number of hydrogen-bond acceptors (Lipinski definition) is 5. The van der Waals surface area contributed by atoms with Gasteiger partial charge in [0.2, 0.25) is 0 Å². The Morgan fingerprint density at radius 2 is 2.00 bits per heavy atom. The highest BCUT2D eigenvalue weighted by Crippen LogP contribution is 2.25. The van der Waals surface area contributed by atoms with Gasteiger partial charge in [-0.05, 0) is 25.2 Å². The lowest BCUT2D eigenvalue weighted by molar-refractivity contribution is 0.0940. The highest BCUT2D eigenvalue weighted by Gasteiger charge is 2.18. The fourth-order valence-electron chi connectivity index (χ4n) is 1.98. The molecule has 1 aromatic rings. The van der Waals surface area contributed by atoms with E-state index < -0.39 is 0 Å². The zero-order valence-corrected chi connectivity index (χ0v) is 14.5. The minimum atomic E-state index is -0.126. The molecule has 0 saturated carbocycles. The number of nitrogen functional groups attached to an aromatic ring is 1. The molecule has 4 N–H and O–H groups in total. The second kappa shape index (κ2) is 8.22. The predicted molar refractivity (Wildman–Crippen MR) is 90.9 cm³/mol. The van der Waals surface area contributed by atoms with E-state index in [0.29, 0.717) is 27.7 Å². The van der Waals surface area contributed by atoms with E-state index in [4.69, 9.17) is 5.73 Å². The lowest BCUT2D eigenvalue weighted by atomic mass is 10.0.